The predicted molar refractivity (Wildman–Crippen MR) is 86.9 cm³/mol. The highest BCUT2D eigenvalue weighted by molar-refractivity contribution is 5.91. The molecule has 1 unspecified atom stereocenters. The lowest BCUT2D eigenvalue weighted by Gasteiger charge is -2.33. The molecule has 126 valence electrons. The van der Waals surface area contributed by atoms with Gasteiger partial charge in [-0.1, -0.05) is 6.07 Å². The minimum Gasteiger partial charge on any atom is -0.494 e. The Morgan fingerprint density at radius 2 is 2.30 bits per heavy atom. The molecular weight excluding hydrogens is 299 g/mol. The van der Waals surface area contributed by atoms with E-state index in [0.29, 0.717) is 19.7 Å². The van der Waals surface area contributed by atoms with Crippen molar-refractivity contribution in [3.8, 4) is 5.75 Å². The van der Waals surface area contributed by atoms with Crippen LogP contribution in [0.15, 0.2) is 24.3 Å². The van der Waals surface area contributed by atoms with Gasteiger partial charge in [0.15, 0.2) is 11.6 Å². The minimum atomic E-state index is -0.421. The quantitative estimate of drug-likeness (QED) is 0.773. The van der Waals surface area contributed by atoms with Crippen LogP contribution < -0.4 is 4.74 Å². The molecule has 0 aliphatic carbocycles. The first-order valence-corrected chi connectivity index (χ1v) is 7.56. The molecule has 0 bridgehead atoms. The number of amides is 1. The molecule has 5 nitrogen and oxygen atoms in total. The van der Waals surface area contributed by atoms with Crippen molar-refractivity contribution in [2.45, 2.75) is 6.10 Å². The highest BCUT2D eigenvalue weighted by atomic mass is 19.1. The molecule has 1 aromatic rings. The van der Waals surface area contributed by atoms with E-state index < -0.39 is 5.82 Å². The van der Waals surface area contributed by atoms with Crippen LogP contribution in [-0.2, 0) is 9.53 Å². The first-order chi connectivity index (χ1) is 11.0. The van der Waals surface area contributed by atoms with Gasteiger partial charge in [0.25, 0.3) is 0 Å². The zero-order valence-electron chi connectivity index (χ0n) is 13.8. The lowest BCUT2D eigenvalue weighted by atomic mass is 10.2. The summed E-state index contributed by atoms with van der Waals surface area (Å²) in [6.07, 6.45) is 3.20. The van der Waals surface area contributed by atoms with Crippen molar-refractivity contribution in [1.29, 1.82) is 0 Å². The Morgan fingerprint density at radius 3 is 3.00 bits per heavy atom. The Labute approximate surface area is 136 Å². The molecule has 1 aliphatic heterocycles. The van der Waals surface area contributed by atoms with Crippen LogP contribution in [0.5, 0.6) is 5.75 Å². The lowest BCUT2D eigenvalue weighted by Crippen LogP contribution is -2.48. The van der Waals surface area contributed by atoms with E-state index in [0.717, 1.165) is 12.1 Å². The largest absolute Gasteiger partial charge is 0.494 e. The fraction of sp³-hybridized carbons (Fsp3) is 0.471. The molecule has 1 fully saturated rings. The second kappa shape index (κ2) is 8.08. The maximum absolute atomic E-state index is 13.4. The fourth-order valence-electron chi connectivity index (χ4n) is 2.49. The molecule has 0 spiro atoms. The molecule has 1 saturated heterocycles. The third-order valence-corrected chi connectivity index (χ3v) is 3.61. The number of methoxy groups -OCH3 is 1. The van der Waals surface area contributed by atoms with Gasteiger partial charge in [-0.2, -0.15) is 0 Å². The van der Waals surface area contributed by atoms with Crippen LogP contribution in [0.25, 0.3) is 6.08 Å². The number of ether oxygens (including phenoxy) is 2. The Hall–Kier alpha value is -1.92. The molecule has 0 aromatic heterocycles. The number of morpholine rings is 1. The second-order valence-corrected chi connectivity index (χ2v) is 5.77. The van der Waals surface area contributed by atoms with E-state index in [9.17, 15) is 9.18 Å². The molecule has 1 aromatic carbocycles. The summed E-state index contributed by atoms with van der Waals surface area (Å²) in [4.78, 5) is 16.1. The molecule has 2 rings (SSSR count). The molecule has 1 aliphatic rings. The number of hydrogen-bond acceptors (Lipinski definition) is 4. The van der Waals surface area contributed by atoms with E-state index in [2.05, 4.69) is 0 Å². The van der Waals surface area contributed by atoms with Crippen LogP contribution in [0.1, 0.15) is 5.56 Å². The van der Waals surface area contributed by atoms with E-state index in [1.165, 1.54) is 19.3 Å². The first-order valence-electron chi connectivity index (χ1n) is 7.56. The van der Waals surface area contributed by atoms with E-state index in [1.807, 2.05) is 19.0 Å². The lowest BCUT2D eigenvalue weighted by molar-refractivity contribution is -0.133. The van der Waals surface area contributed by atoms with Crippen molar-refractivity contribution in [2.24, 2.45) is 0 Å². The topological polar surface area (TPSA) is 42.0 Å². The SMILES string of the molecule is COc1cc(/C=C/C(=O)N2CCOC(CN(C)C)C2)ccc1F. The van der Waals surface area contributed by atoms with Crippen LogP contribution in [0, 0.1) is 5.82 Å². The molecule has 1 atom stereocenters. The highest BCUT2D eigenvalue weighted by Crippen LogP contribution is 2.19. The van der Waals surface area contributed by atoms with Gasteiger partial charge in [-0.15, -0.1) is 0 Å². The standard InChI is InChI=1S/C17H23FN2O3/c1-19(2)11-14-12-20(8-9-23-14)17(21)7-5-13-4-6-15(18)16(10-13)22-3/h4-7,10,14H,8-9,11-12H2,1-3H3/b7-5+. The summed E-state index contributed by atoms with van der Waals surface area (Å²) in [5.74, 6) is -0.326. The number of nitrogens with zero attached hydrogens (tertiary/aromatic N) is 2. The summed E-state index contributed by atoms with van der Waals surface area (Å²) in [5.41, 5.74) is 0.717. The first kappa shape index (κ1) is 17.4. The van der Waals surface area contributed by atoms with E-state index >= 15 is 0 Å². The fourth-order valence-corrected chi connectivity index (χ4v) is 2.49. The summed E-state index contributed by atoms with van der Waals surface area (Å²) >= 11 is 0. The zero-order chi connectivity index (χ0) is 16.8. The minimum absolute atomic E-state index is 0.0296. The summed E-state index contributed by atoms with van der Waals surface area (Å²) < 4.78 is 24.0. The molecule has 0 N–H and O–H groups in total. The van der Waals surface area contributed by atoms with Gasteiger partial charge in [0.05, 0.1) is 19.8 Å². The number of benzene rings is 1. The average molecular weight is 322 g/mol. The van der Waals surface area contributed by atoms with Gasteiger partial charge < -0.3 is 19.3 Å². The van der Waals surface area contributed by atoms with Crippen LogP contribution in [0.2, 0.25) is 0 Å². The zero-order valence-corrected chi connectivity index (χ0v) is 13.8. The maximum Gasteiger partial charge on any atom is 0.246 e. The molecule has 0 radical (unpaired) electrons. The number of hydrogen-bond donors (Lipinski definition) is 0. The molecule has 0 saturated carbocycles. The molecule has 6 heteroatoms. The van der Waals surface area contributed by atoms with E-state index in [4.69, 9.17) is 9.47 Å². The predicted octanol–water partition coefficient (Wildman–Crippen LogP) is 1.64. The van der Waals surface area contributed by atoms with Crippen molar-refractivity contribution >= 4 is 12.0 Å². The molecular formula is C17H23FN2O3. The van der Waals surface area contributed by atoms with Crippen LogP contribution in [0.4, 0.5) is 4.39 Å². The van der Waals surface area contributed by atoms with Gasteiger partial charge in [-0.3, -0.25) is 4.79 Å². The van der Waals surface area contributed by atoms with Gasteiger partial charge in [0, 0.05) is 25.7 Å². The van der Waals surface area contributed by atoms with Crippen LogP contribution in [0.3, 0.4) is 0 Å². The molecule has 23 heavy (non-hydrogen) atoms. The monoisotopic (exact) mass is 322 g/mol. The number of carbonyl (C=O) groups excluding carboxylic acids is 1. The van der Waals surface area contributed by atoms with Crippen LogP contribution in [-0.4, -0.2) is 69.3 Å². The van der Waals surface area contributed by atoms with Gasteiger partial charge >= 0.3 is 0 Å². The summed E-state index contributed by atoms with van der Waals surface area (Å²) in [6, 6.07) is 4.49. The highest BCUT2D eigenvalue weighted by Gasteiger charge is 2.23. The number of carbonyl (C=O) groups is 1. The van der Waals surface area contributed by atoms with Gasteiger partial charge in [-0.25, -0.2) is 4.39 Å². The van der Waals surface area contributed by atoms with Crippen LogP contribution >= 0.6 is 0 Å². The molecule has 1 heterocycles. The Morgan fingerprint density at radius 1 is 1.52 bits per heavy atom. The van der Waals surface area contributed by atoms with Gasteiger partial charge in [0.2, 0.25) is 5.91 Å². The molecule has 1 amide bonds. The van der Waals surface area contributed by atoms with Crippen molar-refractivity contribution in [2.75, 3.05) is 47.4 Å². The van der Waals surface area contributed by atoms with Gasteiger partial charge in [-0.05, 0) is 37.9 Å². The van der Waals surface area contributed by atoms with Crippen molar-refractivity contribution in [3.05, 3.63) is 35.7 Å². The van der Waals surface area contributed by atoms with Crippen molar-refractivity contribution in [1.82, 2.24) is 9.80 Å². The third-order valence-electron chi connectivity index (χ3n) is 3.61. The average Bonchev–Trinajstić information content (AvgIpc) is 2.53. The summed E-state index contributed by atoms with van der Waals surface area (Å²) in [5, 5.41) is 0. The van der Waals surface area contributed by atoms with E-state index in [1.54, 1.807) is 23.1 Å². The Balaban J connectivity index is 1.98. The summed E-state index contributed by atoms with van der Waals surface area (Å²) in [6.45, 7) is 2.49. The normalized spacial score (nSPS) is 18.7. The second-order valence-electron chi connectivity index (χ2n) is 5.77. The van der Waals surface area contributed by atoms with Gasteiger partial charge in [0.1, 0.15) is 0 Å². The van der Waals surface area contributed by atoms with E-state index in [-0.39, 0.29) is 17.8 Å². The number of rotatable bonds is 5. The van der Waals surface area contributed by atoms with Crippen molar-refractivity contribution < 1.29 is 18.7 Å². The smallest absolute Gasteiger partial charge is 0.246 e. The van der Waals surface area contributed by atoms with Crippen molar-refractivity contribution in [3.63, 3.8) is 0 Å². The maximum atomic E-state index is 13.4. The number of likely N-dealkylation sites (N-methyl/N-ethyl adjacent to an activating group) is 1. The Kier molecular flexibility index (Phi) is 6.12. The third kappa shape index (κ3) is 5.04. The Bertz CT molecular complexity index is 575. The summed E-state index contributed by atoms with van der Waals surface area (Å²) in [7, 11) is 5.37. The number of halogens is 1.